The highest BCUT2D eigenvalue weighted by Gasteiger charge is 2.39. The SMILES string of the molecule is C=C(c1ccc(Cl)cc1)c1ccc(OC(C)(C)C(=O)NC(CC)(CON(O)O)CON(O)O)cc1. The van der Waals surface area contributed by atoms with Gasteiger partial charge in [0.05, 0.1) is 29.5 Å². The average Bonchev–Trinajstić information content (AvgIpc) is 2.81. The van der Waals surface area contributed by atoms with E-state index in [-0.39, 0.29) is 6.42 Å². The van der Waals surface area contributed by atoms with E-state index in [0.717, 1.165) is 16.7 Å². The van der Waals surface area contributed by atoms with Gasteiger partial charge in [-0.1, -0.05) is 49.4 Å². The molecule has 0 atom stereocenters. The summed E-state index contributed by atoms with van der Waals surface area (Å²) >= 11 is 5.94. The Morgan fingerprint density at radius 3 is 1.83 bits per heavy atom. The Morgan fingerprint density at radius 1 is 0.943 bits per heavy atom. The zero-order valence-electron chi connectivity index (χ0n) is 19.6. The molecule has 35 heavy (non-hydrogen) atoms. The van der Waals surface area contributed by atoms with E-state index >= 15 is 0 Å². The molecule has 0 unspecified atom stereocenters. The minimum absolute atomic E-state index is 0.165. The van der Waals surface area contributed by atoms with Crippen LogP contribution >= 0.6 is 11.6 Å². The summed E-state index contributed by atoms with van der Waals surface area (Å²) < 4.78 is 5.90. The Bertz CT molecular complexity index is 969. The Morgan fingerprint density at radius 2 is 1.40 bits per heavy atom. The summed E-state index contributed by atoms with van der Waals surface area (Å²) in [6, 6.07) is 14.3. The lowest BCUT2D eigenvalue weighted by Gasteiger charge is -2.36. The van der Waals surface area contributed by atoms with E-state index in [9.17, 15) is 4.79 Å². The van der Waals surface area contributed by atoms with E-state index in [2.05, 4.69) is 21.6 Å². The summed E-state index contributed by atoms with van der Waals surface area (Å²) in [5.41, 5.74) is -0.189. The molecule has 0 saturated heterocycles. The van der Waals surface area contributed by atoms with Crippen LogP contribution < -0.4 is 10.1 Å². The first-order valence-electron chi connectivity index (χ1n) is 10.6. The van der Waals surface area contributed by atoms with Crippen LogP contribution in [0.4, 0.5) is 0 Å². The first kappa shape index (κ1) is 28.7. The van der Waals surface area contributed by atoms with Gasteiger partial charge in [0, 0.05) is 5.02 Å². The molecular formula is C23H30ClN3O8. The fourth-order valence-corrected chi connectivity index (χ4v) is 3.17. The Hall–Kier alpha value is -2.58. The van der Waals surface area contributed by atoms with E-state index in [1.54, 1.807) is 45.0 Å². The smallest absolute Gasteiger partial charge is 0.264 e. The van der Waals surface area contributed by atoms with Crippen LogP contribution in [-0.4, -0.2) is 61.9 Å². The van der Waals surface area contributed by atoms with Gasteiger partial charge in [-0.2, -0.15) is 0 Å². The number of carbonyl (C=O) groups is 1. The highest BCUT2D eigenvalue weighted by molar-refractivity contribution is 6.30. The van der Waals surface area contributed by atoms with Crippen molar-refractivity contribution in [1.82, 2.24) is 16.1 Å². The molecule has 0 saturated carbocycles. The summed E-state index contributed by atoms with van der Waals surface area (Å²) in [6.07, 6.45) is 0.165. The lowest BCUT2D eigenvalue weighted by molar-refractivity contribution is -0.506. The summed E-state index contributed by atoms with van der Waals surface area (Å²) in [5, 5.41) is 37.8. The van der Waals surface area contributed by atoms with Crippen molar-refractivity contribution in [3.05, 3.63) is 71.3 Å². The van der Waals surface area contributed by atoms with Crippen molar-refractivity contribution in [3.8, 4) is 5.75 Å². The largest absolute Gasteiger partial charge is 0.478 e. The van der Waals surface area contributed by atoms with Crippen LogP contribution in [0.1, 0.15) is 38.3 Å². The minimum atomic E-state index is -1.38. The molecule has 0 spiro atoms. The molecule has 0 fully saturated rings. The fraction of sp³-hybridized carbons (Fsp3) is 0.348. The zero-order valence-corrected chi connectivity index (χ0v) is 20.4. The van der Waals surface area contributed by atoms with Gasteiger partial charge < -0.3 is 10.1 Å². The van der Waals surface area contributed by atoms with Gasteiger partial charge in [-0.25, -0.2) is 9.68 Å². The number of nitrogens with one attached hydrogen (secondary N) is 1. The second-order valence-corrected chi connectivity index (χ2v) is 8.70. The van der Waals surface area contributed by atoms with Gasteiger partial charge in [0.25, 0.3) is 5.91 Å². The first-order valence-corrected chi connectivity index (χ1v) is 10.9. The zero-order chi connectivity index (χ0) is 26.2. The molecule has 0 aromatic heterocycles. The number of amides is 1. The molecule has 2 rings (SSSR count). The number of nitrogens with zero attached hydrogens (tertiary/aromatic N) is 2. The van der Waals surface area contributed by atoms with Crippen molar-refractivity contribution in [3.63, 3.8) is 0 Å². The number of carbonyl (C=O) groups excluding carboxylic acids is 1. The minimum Gasteiger partial charge on any atom is -0.478 e. The molecule has 0 bridgehead atoms. The maximum Gasteiger partial charge on any atom is 0.264 e. The molecule has 12 heteroatoms. The average molecular weight is 512 g/mol. The van der Waals surface area contributed by atoms with Gasteiger partial charge in [0.2, 0.25) is 0 Å². The van der Waals surface area contributed by atoms with Crippen molar-refractivity contribution in [1.29, 1.82) is 0 Å². The standard InChI is InChI=1S/C23H30ClN3O8/c1-5-23(14-33-26(29)30,15-34-27(31)32)25-21(28)22(3,4)35-20-12-8-18(9-13-20)16(2)17-6-10-19(24)11-7-17/h6-13,29-32H,2,5,14-15H2,1,3-4H3,(H,25,28). The number of ether oxygens (including phenoxy) is 1. The van der Waals surface area contributed by atoms with Gasteiger partial charge in [0.15, 0.2) is 5.60 Å². The number of rotatable bonds is 13. The lowest BCUT2D eigenvalue weighted by atomic mass is 9.96. The molecule has 2 aromatic carbocycles. The fourth-order valence-electron chi connectivity index (χ4n) is 3.04. The summed E-state index contributed by atoms with van der Waals surface area (Å²) in [5.74, 6) is -0.174. The molecule has 0 heterocycles. The van der Waals surface area contributed by atoms with Gasteiger partial charge in [-0.3, -0.25) is 25.6 Å². The number of halogens is 1. The number of hydrogen-bond donors (Lipinski definition) is 5. The second kappa shape index (κ2) is 12.4. The quantitative estimate of drug-likeness (QED) is 0.251. The maximum atomic E-state index is 13.1. The van der Waals surface area contributed by atoms with Gasteiger partial charge >= 0.3 is 0 Å². The molecule has 0 aliphatic rings. The van der Waals surface area contributed by atoms with Crippen LogP contribution in [0.15, 0.2) is 55.1 Å². The molecule has 0 aliphatic carbocycles. The first-order chi connectivity index (χ1) is 16.4. The van der Waals surface area contributed by atoms with Crippen molar-refractivity contribution in [2.24, 2.45) is 0 Å². The molecule has 0 radical (unpaired) electrons. The van der Waals surface area contributed by atoms with E-state index in [1.807, 2.05) is 24.3 Å². The molecule has 0 aliphatic heterocycles. The second-order valence-electron chi connectivity index (χ2n) is 8.26. The lowest BCUT2D eigenvalue weighted by Crippen LogP contribution is -2.61. The van der Waals surface area contributed by atoms with Gasteiger partial charge in [0.1, 0.15) is 5.75 Å². The number of benzene rings is 2. The van der Waals surface area contributed by atoms with Gasteiger partial charge in [-0.15, -0.1) is 0 Å². The van der Waals surface area contributed by atoms with E-state index in [4.69, 9.17) is 37.2 Å². The summed E-state index contributed by atoms with van der Waals surface area (Å²) in [6.45, 7) is 7.93. The van der Waals surface area contributed by atoms with Crippen LogP contribution in [0.25, 0.3) is 5.57 Å². The predicted molar refractivity (Wildman–Crippen MR) is 125 cm³/mol. The maximum absolute atomic E-state index is 13.1. The summed E-state index contributed by atoms with van der Waals surface area (Å²) in [4.78, 5) is 22.4. The van der Waals surface area contributed by atoms with Crippen LogP contribution in [0.3, 0.4) is 0 Å². The Kier molecular flexibility index (Phi) is 10.2. The third-order valence-corrected chi connectivity index (χ3v) is 5.54. The van der Waals surface area contributed by atoms with Gasteiger partial charge in [-0.05, 0) is 61.2 Å². The molecule has 1 amide bonds. The Balaban J connectivity index is 2.12. The normalized spacial score (nSPS) is 12.2. The third kappa shape index (κ3) is 8.54. The molecule has 2 aromatic rings. The van der Waals surface area contributed by atoms with Crippen molar-refractivity contribution < 1.29 is 40.0 Å². The summed E-state index contributed by atoms with van der Waals surface area (Å²) in [7, 11) is 0. The van der Waals surface area contributed by atoms with Crippen LogP contribution in [0, 0.1) is 0 Å². The monoisotopic (exact) mass is 511 g/mol. The van der Waals surface area contributed by atoms with E-state index in [1.165, 1.54) is 0 Å². The molecule has 5 N–H and O–H groups in total. The highest BCUT2D eigenvalue weighted by atomic mass is 35.5. The molecule has 11 nitrogen and oxygen atoms in total. The predicted octanol–water partition coefficient (Wildman–Crippen LogP) is 3.85. The van der Waals surface area contributed by atoms with Crippen molar-refractivity contribution in [2.75, 3.05) is 13.2 Å². The van der Waals surface area contributed by atoms with E-state index < -0.39 is 41.0 Å². The Labute approximate surface area is 208 Å². The van der Waals surface area contributed by atoms with Crippen LogP contribution in [-0.2, 0) is 14.5 Å². The van der Waals surface area contributed by atoms with Crippen LogP contribution in [0.2, 0.25) is 5.02 Å². The van der Waals surface area contributed by atoms with Crippen molar-refractivity contribution in [2.45, 2.75) is 38.3 Å². The molecular weight excluding hydrogens is 482 g/mol. The molecule has 192 valence electrons. The highest BCUT2D eigenvalue weighted by Crippen LogP contribution is 2.27. The van der Waals surface area contributed by atoms with Crippen LogP contribution in [0.5, 0.6) is 5.75 Å². The van der Waals surface area contributed by atoms with Crippen molar-refractivity contribution >= 4 is 23.1 Å². The van der Waals surface area contributed by atoms with E-state index in [0.29, 0.717) is 10.8 Å². The number of hydrogen-bond acceptors (Lipinski definition) is 10. The third-order valence-electron chi connectivity index (χ3n) is 5.28. The topological polar surface area (TPSA) is 144 Å².